The second-order valence-corrected chi connectivity index (χ2v) is 8.19. The highest BCUT2D eigenvalue weighted by atomic mass is 32.2. The Hall–Kier alpha value is -2.09. The largest absolute Gasteiger partial charge is 0.460 e. The number of sulfone groups is 1. The molecule has 7 nitrogen and oxygen atoms in total. The lowest BCUT2D eigenvalue weighted by Crippen LogP contribution is -2.34. The summed E-state index contributed by atoms with van der Waals surface area (Å²) in [5.41, 5.74) is 0.935. The van der Waals surface area contributed by atoms with Crippen molar-refractivity contribution in [3.8, 4) is 11.5 Å². The van der Waals surface area contributed by atoms with E-state index in [1.807, 2.05) is 19.1 Å². The Labute approximate surface area is 134 Å². The van der Waals surface area contributed by atoms with Gasteiger partial charge in [-0.1, -0.05) is 0 Å². The molecule has 0 atom stereocenters. The lowest BCUT2D eigenvalue weighted by Gasteiger charge is -2.21. The molecule has 1 aliphatic heterocycles. The predicted molar refractivity (Wildman–Crippen MR) is 84.7 cm³/mol. The second-order valence-electron chi connectivity index (χ2n) is 5.88. The van der Waals surface area contributed by atoms with Gasteiger partial charge in [-0.15, -0.1) is 0 Å². The summed E-state index contributed by atoms with van der Waals surface area (Å²) >= 11 is 0. The van der Waals surface area contributed by atoms with Gasteiger partial charge in [0.15, 0.2) is 11.5 Å². The highest BCUT2D eigenvalue weighted by Gasteiger charge is 2.24. The van der Waals surface area contributed by atoms with Crippen LogP contribution in [0.3, 0.4) is 0 Å². The molecule has 1 amide bonds. The molecule has 0 spiro atoms. The molecule has 124 valence electrons. The van der Waals surface area contributed by atoms with Crippen LogP contribution in [0.5, 0.6) is 0 Å². The number of aromatic nitrogens is 2. The number of rotatable bonds is 4. The summed E-state index contributed by atoms with van der Waals surface area (Å²) in [5.74, 6) is 1.76. The molecule has 0 aliphatic carbocycles. The molecule has 2 aromatic rings. The first kappa shape index (κ1) is 15.8. The fraction of sp³-hybridized carbons (Fsp3) is 0.467. The van der Waals surface area contributed by atoms with E-state index < -0.39 is 9.84 Å². The van der Waals surface area contributed by atoms with Gasteiger partial charge in [0.25, 0.3) is 5.91 Å². The molecule has 3 rings (SSSR count). The van der Waals surface area contributed by atoms with Crippen molar-refractivity contribution in [2.24, 2.45) is 5.92 Å². The van der Waals surface area contributed by atoms with E-state index in [0.717, 1.165) is 5.76 Å². The van der Waals surface area contributed by atoms with Crippen molar-refractivity contribution in [2.45, 2.75) is 19.8 Å². The van der Waals surface area contributed by atoms with Crippen LogP contribution in [0.1, 0.15) is 29.1 Å². The molecule has 2 N–H and O–H groups in total. The van der Waals surface area contributed by atoms with Crippen molar-refractivity contribution in [3.05, 3.63) is 29.7 Å². The molecule has 0 radical (unpaired) electrons. The zero-order valence-corrected chi connectivity index (χ0v) is 13.6. The zero-order chi connectivity index (χ0) is 16.4. The van der Waals surface area contributed by atoms with Crippen LogP contribution in [0.4, 0.5) is 0 Å². The third kappa shape index (κ3) is 3.82. The molecule has 8 heteroatoms. The first-order valence-corrected chi connectivity index (χ1v) is 9.36. The number of amides is 1. The summed E-state index contributed by atoms with van der Waals surface area (Å²) in [6.07, 6.45) is 1.19. The van der Waals surface area contributed by atoms with Crippen LogP contribution >= 0.6 is 0 Å². The molecule has 1 fully saturated rings. The molecule has 0 unspecified atom stereocenters. The number of hydrogen-bond donors (Lipinski definition) is 2. The van der Waals surface area contributed by atoms with E-state index in [0.29, 0.717) is 30.8 Å². The third-order valence-corrected chi connectivity index (χ3v) is 5.76. The Morgan fingerprint density at radius 2 is 2.13 bits per heavy atom. The number of furan rings is 1. The molecule has 1 saturated heterocycles. The topological polar surface area (TPSA) is 105 Å². The van der Waals surface area contributed by atoms with Gasteiger partial charge >= 0.3 is 0 Å². The van der Waals surface area contributed by atoms with Crippen LogP contribution in [-0.2, 0) is 9.84 Å². The van der Waals surface area contributed by atoms with Gasteiger partial charge in [-0.2, -0.15) is 5.10 Å². The minimum absolute atomic E-state index is 0.202. The molecule has 3 heterocycles. The summed E-state index contributed by atoms with van der Waals surface area (Å²) in [5, 5.41) is 9.60. The average Bonchev–Trinajstić information content (AvgIpc) is 3.14. The van der Waals surface area contributed by atoms with Crippen LogP contribution in [0.15, 0.2) is 22.6 Å². The van der Waals surface area contributed by atoms with E-state index in [4.69, 9.17) is 4.42 Å². The van der Waals surface area contributed by atoms with Gasteiger partial charge in [-0.05, 0) is 37.8 Å². The molecular formula is C15H19N3O4S. The van der Waals surface area contributed by atoms with Crippen molar-refractivity contribution in [1.29, 1.82) is 0 Å². The van der Waals surface area contributed by atoms with Gasteiger partial charge in [-0.25, -0.2) is 8.42 Å². The first-order valence-electron chi connectivity index (χ1n) is 7.54. The highest BCUT2D eigenvalue weighted by molar-refractivity contribution is 7.91. The number of H-pyrrole nitrogens is 1. The Morgan fingerprint density at radius 3 is 2.78 bits per heavy atom. The SMILES string of the molecule is Cc1ccc(-c2cc(C(=O)NCC3CCS(=O)(=O)CC3)n[nH]2)o1. The summed E-state index contributed by atoms with van der Waals surface area (Å²) in [6.45, 7) is 2.31. The molecule has 0 aromatic carbocycles. The van der Waals surface area contributed by atoms with E-state index in [9.17, 15) is 13.2 Å². The maximum absolute atomic E-state index is 12.1. The molecule has 2 aromatic heterocycles. The van der Waals surface area contributed by atoms with Crippen LogP contribution in [0.25, 0.3) is 11.5 Å². The lowest BCUT2D eigenvalue weighted by atomic mass is 10.0. The van der Waals surface area contributed by atoms with Gasteiger partial charge in [0.05, 0.1) is 11.5 Å². The van der Waals surface area contributed by atoms with Gasteiger partial charge in [0.2, 0.25) is 0 Å². The highest BCUT2D eigenvalue weighted by Crippen LogP contribution is 2.21. The number of nitrogens with zero attached hydrogens (tertiary/aromatic N) is 1. The summed E-state index contributed by atoms with van der Waals surface area (Å²) < 4.78 is 28.2. The first-order chi connectivity index (χ1) is 10.9. The minimum Gasteiger partial charge on any atom is -0.460 e. The number of carbonyl (C=O) groups excluding carboxylic acids is 1. The number of carbonyl (C=O) groups is 1. The van der Waals surface area contributed by atoms with Crippen LogP contribution < -0.4 is 5.32 Å². The third-order valence-electron chi connectivity index (χ3n) is 4.04. The maximum Gasteiger partial charge on any atom is 0.271 e. The molecule has 23 heavy (non-hydrogen) atoms. The normalized spacial score (nSPS) is 18.0. The lowest BCUT2D eigenvalue weighted by molar-refractivity contribution is 0.0941. The van der Waals surface area contributed by atoms with Gasteiger partial charge < -0.3 is 9.73 Å². The van der Waals surface area contributed by atoms with E-state index in [1.165, 1.54) is 0 Å². The van der Waals surface area contributed by atoms with Crippen molar-refractivity contribution >= 4 is 15.7 Å². The Balaban J connectivity index is 1.56. The van der Waals surface area contributed by atoms with Crippen LogP contribution in [0, 0.1) is 12.8 Å². The smallest absolute Gasteiger partial charge is 0.271 e. The Kier molecular flexibility index (Phi) is 4.25. The van der Waals surface area contributed by atoms with Crippen LogP contribution in [-0.4, -0.2) is 42.6 Å². The molecule has 0 saturated carbocycles. The van der Waals surface area contributed by atoms with Crippen LogP contribution in [0.2, 0.25) is 0 Å². The van der Waals surface area contributed by atoms with Gasteiger partial charge in [-0.3, -0.25) is 9.89 Å². The summed E-state index contributed by atoms with van der Waals surface area (Å²) in [6, 6.07) is 5.29. The van der Waals surface area contributed by atoms with E-state index in [-0.39, 0.29) is 29.0 Å². The zero-order valence-electron chi connectivity index (χ0n) is 12.8. The summed E-state index contributed by atoms with van der Waals surface area (Å²) in [7, 11) is -2.87. The minimum atomic E-state index is -2.87. The Morgan fingerprint density at radius 1 is 1.39 bits per heavy atom. The fourth-order valence-corrected chi connectivity index (χ4v) is 4.20. The van der Waals surface area contributed by atoms with E-state index in [1.54, 1.807) is 6.07 Å². The van der Waals surface area contributed by atoms with Crippen molar-refractivity contribution in [1.82, 2.24) is 15.5 Å². The van der Waals surface area contributed by atoms with Gasteiger partial charge in [0.1, 0.15) is 21.3 Å². The second kappa shape index (κ2) is 6.19. The summed E-state index contributed by atoms with van der Waals surface area (Å²) in [4.78, 5) is 12.1. The number of aromatic amines is 1. The number of nitrogens with one attached hydrogen (secondary N) is 2. The fourth-order valence-electron chi connectivity index (χ4n) is 2.61. The molecule has 1 aliphatic rings. The molecule has 0 bridgehead atoms. The number of hydrogen-bond acceptors (Lipinski definition) is 5. The van der Waals surface area contributed by atoms with Gasteiger partial charge in [0, 0.05) is 12.6 Å². The Bertz CT molecular complexity index is 792. The van der Waals surface area contributed by atoms with Crippen molar-refractivity contribution in [2.75, 3.05) is 18.1 Å². The standard InChI is InChI=1S/C15H19N3O4S/c1-10-2-3-14(22-10)12-8-13(18-17-12)15(19)16-9-11-4-6-23(20,21)7-5-11/h2-3,8,11H,4-7,9H2,1H3,(H,16,19)(H,17,18). The monoisotopic (exact) mass is 337 g/mol. The van der Waals surface area contributed by atoms with Crippen molar-refractivity contribution < 1.29 is 17.6 Å². The average molecular weight is 337 g/mol. The number of aryl methyl sites for hydroxylation is 1. The molecular weight excluding hydrogens is 318 g/mol. The maximum atomic E-state index is 12.1. The van der Waals surface area contributed by atoms with E-state index in [2.05, 4.69) is 15.5 Å². The van der Waals surface area contributed by atoms with E-state index >= 15 is 0 Å². The predicted octanol–water partition coefficient (Wildman–Crippen LogP) is 1.53. The quantitative estimate of drug-likeness (QED) is 0.880. The van der Waals surface area contributed by atoms with Crippen molar-refractivity contribution in [3.63, 3.8) is 0 Å².